The van der Waals surface area contributed by atoms with E-state index in [4.69, 9.17) is 5.11 Å². The van der Waals surface area contributed by atoms with Crippen molar-refractivity contribution < 1.29 is 18.3 Å². The molecule has 0 spiro atoms. The molecule has 2 atom stereocenters. The molecule has 1 aromatic carbocycles. The smallest absolute Gasteiger partial charge is 0.303 e. The molecule has 0 aromatic heterocycles. The van der Waals surface area contributed by atoms with Crippen LogP contribution in [-0.2, 0) is 21.2 Å². The van der Waals surface area contributed by atoms with Crippen molar-refractivity contribution in [2.75, 3.05) is 0 Å². The lowest BCUT2D eigenvalue weighted by Crippen LogP contribution is -2.27. The van der Waals surface area contributed by atoms with Crippen molar-refractivity contribution in [2.45, 2.75) is 43.5 Å². The summed E-state index contributed by atoms with van der Waals surface area (Å²) < 4.78 is 26.9. The minimum absolute atomic E-state index is 0.0462. The van der Waals surface area contributed by atoms with E-state index in [1.165, 1.54) is 12.1 Å². The van der Waals surface area contributed by atoms with Crippen LogP contribution in [0.25, 0.3) is 0 Å². The second-order valence-corrected chi connectivity index (χ2v) is 6.88. The van der Waals surface area contributed by atoms with Gasteiger partial charge in [0.1, 0.15) is 0 Å². The van der Waals surface area contributed by atoms with Gasteiger partial charge in [-0.25, -0.2) is 13.1 Å². The third kappa shape index (κ3) is 3.80. The number of carboxylic acid groups (broad SMARTS) is 1. The number of aryl methyl sites for hydroxylation is 1. The highest BCUT2D eigenvalue weighted by Crippen LogP contribution is 2.34. The van der Waals surface area contributed by atoms with Gasteiger partial charge in [0, 0.05) is 12.5 Å². The minimum Gasteiger partial charge on any atom is -0.481 e. The first-order valence-electron chi connectivity index (χ1n) is 6.75. The lowest BCUT2D eigenvalue weighted by Gasteiger charge is -2.07. The summed E-state index contributed by atoms with van der Waals surface area (Å²) in [7, 11) is -3.45. The predicted molar refractivity (Wildman–Crippen MR) is 74.9 cm³/mol. The fourth-order valence-electron chi connectivity index (χ4n) is 2.20. The Hall–Kier alpha value is -1.40. The molecule has 5 nitrogen and oxygen atoms in total. The van der Waals surface area contributed by atoms with Crippen LogP contribution < -0.4 is 4.72 Å². The van der Waals surface area contributed by atoms with Gasteiger partial charge in [0.05, 0.1) is 4.90 Å². The Kier molecular flexibility index (Phi) is 4.45. The van der Waals surface area contributed by atoms with E-state index in [0.717, 1.165) is 18.4 Å². The van der Waals surface area contributed by atoms with E-state index in [0.29, 0.717) is 12.3 Å². The molecule has 0 heterocycles. The third-order valence-electron chi connectivity index (χ3n) is 3.61. The van der Waals surface area contributed by atoms with Crippen LogP contribution in [0, 0.1) is 5.92 Å². The van der Waals surface area contributed by atoms with Gasteiger partial charge in [-0.15, -0.1) is 0 Å². The Morgan fingerprint density at radius 3 is 2.50 bits per heavy atom. The van der Waals surface area contributed by atoms with Gasteiger partial charge >= 0.3 is 5.97 Å². The second kappa shape index (κ2) is 5.93. The Labute approximate surface area is 119 Å². The molecule has 1 fully saturated rings. The van der Waals surface area contributed by atoms with E-state index in [1.807, 2.05) is 0 Å². The van der Waals surface area contributed by atoms with Crippen LogP contribution in [0.2, 0.25) is 0 Å². The molecule has 20 heavy (non-hydrogen) atoms. The third-order valence-corrected chi connectivity index (χ3v) is 5.12. The molecule has 1 aliphatic rings. The standard InChI is InChI=1S/C14H19NO4S/c1-2-11-9-13(11)15-20(18,19)12-6-3-10(4-7-12)5-8-14(16)17/h3-4,6-7,11,13,15H,2,5,8-9H2,1H3,(H,16,17). The van der Waals surface area contributed by atoms with Gasteiger partial charge in [0.15, 0.2) is 0 Å². The van der Waals surface area contributed by atoms with E-state index in [9.17, 15) is 13.2 Å². The molecule has 1 saturated carbocycles. The van der Waals surface area contributed by atoms with Gasteiger partial charge in [-0.2, -0.15) is 0 Å². The highest BCUT2D eigenvalue weighted by molar-refractivity contribution is 7.89. The van der Waals surface area contributed by atoms with Crippen molar-refractivity contribution in [1.82, 2.24) is 4.72 Å². The predicted octanol–water partition coefficient (Wildman–Crippen LogP) is 1.78. The van der Waals surface area contributed by atoms with E-state index in [-0.39, 0.29) is 17.4 Å². The quantitative estimate of drug-likeness (QED) is 0.803. The number of hydrogen-bond donors (Lipinski definition) is 2. The number of aliphatic carboxylic acids is 1. The van der Waals surface area contributed by atoms with Crippen molar-refractivity contribution in [2.24, 2.45) is 5.92 Å². The molecule has 0 saturated heterocycles. The maximum absolute atomic E-state index is 12.1. The zero-order chi connectivity index (χ0) is 14.8. The second-order valence-electron chi connectivity index (χ2n) is 5.17. The van der Waals surface area contributed by atoms with Crippen LogP contribution in [0.5, 0.6) is 0 Å². The summed E-state index contributed by atoms with van der Waals surface area (Å²) in [5.41, 5.74) is 0.823. The van der Waals surface area contributed by atoms with E-state index in [2.05, 4.69) is 11.6 Å². The lowest BCUT2D eigenvalue weighted by atomic mass is 10.1. The zero-order valence-corrected chi connectivity index (χ0v) is 12.2. The van der Waals surface area contributed by atoms with Crippen LogP contribution in [0.15, 0.2) is 29.2 Å². The van der Waals surface area contributed by atoms with Crippen LogP contribution in [0.3, 0.4) is 0 Å². The fraction of sp³-hybridized carbons (Fsp3) is 0.500. The Bertz CT molecular complexity index is 580. The summed E-state index contributed by atoms with van der Waals surface area (Å²) in [4.78, 5) is 10.7. The summed E-state index contributed by atoms with van der Waals surface area (Å²) >= 11 is 0. The number of rotatable bonds is 7. The highest BCUT2D eigenvalue weighted by atomic mass is 32.2. The molecule has 2 unspecified atom stereocenters. The maximum Gasteiger partial charge on any atom is 0.303 e. The van der Waals surface area contributed by atoms with Crippen molar-refractivity contribution in [3.8, 4) is 0 Å². The van der Waals surface area contributed by atoms with Gasteiger partial charge < -0.3 is 5.11 Å². The topological polar surface area (TPSA) is 83.5 Å². The van der Waals surface area contributed by atoms with Gasteiger partial charge in [-0.05, 0) is 36.5 Å². The number of sulfonamides is 1. The number of carbonyl (C=O) groups is 1. The minimum atomic E-state index is -3.45. The maximum atomic E-state index is 12.1. The number of nitrogens with one attached hydrogen (secondary N) is 1. The average Bonchev–Trinajstić information content (AvgIpc) is 3.14. The summed E-state index contributed by atoms with van der Waals surface area (Å²) in [5, 5.41) is 8.61. The van der Waals surface area contributed by atoms with Crippen molar-refractivity contribution in [3.05, 3.63) is 29.8 Å². The van der Waals surface area contributed by atoms with Crippen LogP contribution in [0.4, 0.5) is 0 Å². The molecular weight excluding hydrogens is 278 g/mol. The molecule has 0 amide bonds. The fourth-order valence-corrected chi connectivity index (χ4v) is 3.51. The molecule has 2 rings (SSSR count). The van der Waals surface area contributed by atoms with Gasteiger partial charge in [-0.3, -0.25) is 4.79 Å². The molecule has 2 N–H and O–H groups in total. The molecule has 6 heteroatoms. The molecule has 1 aliphatic carbocycles. The molecular formula is C14H19NO4S. The van der Waals surface area contributed by atoms with Crippen LogP contribution in [0.1, 0.15) is 31.7 Å². The first-order chi connectivity index (χ1) is 9.42. The van der Waals surface area contributed by atoms with Gasteiger partial charge in [0.25, 0.3) is 0 Å². The van der Waals surface area contributed by atoms with E-state index in [1.54, 1.807) is 12.1 Å². The van der Waals surface area contributed by atoms with Crippen molar-refractivity contribution in [1.29, 1.82) is 0 Å². The Morgan fingerprint density at radius 1 is 1.35 bits per heavy atom. The molecule has 110 valence electrons. The highest BCUT2D eigenvalue weighted by Gasteiger charge is 2.38. The van der Waals surface area contributed by atoms with Gasteiger partial charge in [0.2, 0.25) is 10.0 Å². The summed E-state index contributed by atoms with van der Waals surface area (Å²) in [6, 6.07) is 6.46. The first kappa shape index (κ1) is 15.0. The monoisotopic (exact) mass is 297 g/mol. The zero-order valence-electron chi connectivity index (χ0n) is 11.4. The lowest BCUT2D eigenvalue weighted by molar-refractivity contribution is -0.136. The van der Waals surface area contributed by atoms with Crippen molar-refractivity contribution in [3.63, 3.8) is 0 Å². The van der Waals surface area contributed by atoms with Crippen LogP contribution >= 0.6 is 0 Å². The van der Waals surface area contributed by atoms with Crippen LogP contribution in [-0.4, -0.2) is 25.5 Å². The normalized spacial score (nSPS) is 21.6. The summed E-state index contributed by atoms with van der Waals surface area (Å²) in [6.07, 6.45) is 2.35. The molecule has 0 bridgehead atoms. The van der Waals surface area contributed by atoms with E-state index < -0.39 is 16.0 Å². The molecule has 0 radical (unpaired) electrons. The first-order valence-corrected chi connectivity index (χ1v) is 8.23. The van der Waals surface area contributed by atoms with E-state index >= 15 is 0 Å². The summed E-state index contributed by atoms with van der Waals surface area (Å²) in [6.45, 7) is 2.05. The Balaban J connectivity index is 1.99. The molecule has 1 aromatic rings. The number of carboxylic acids is 1. The summed E-state index contributed by atoms with van der Waals surface area (Å²) in [5.74, 6) is -0.401. The van der Waals surface area contributed by atoms with Crippen molar-refractivity contribution >= 4 is 16.0 Å². The average molecular weight is 297 g/mol. The number of hydrogen-bond acceptors (Lipinski definition) is 3. The van der Waals surface area contributed by atoms with Gasteiger partial charge in [-0.1, -0.05) is 25.5 Å². The largest absolute Gasteiger partial charge is 0.481 e. The molecule has 0 aliphatic heterocycles. The SMILES string of the molecule is CCC1CC1NS(=O)(=O)c1ccc(CCC(=O)O)cc1. The number of benzene rings is 1. The Morgan fingerprint density at radius 2 is 2.00 bits per heavy atom.